The third-order valence-corrected chi connectivity index (χ3v) is 7.51. The van der Waals surface area contributed by atoms with E-state index in [9.17, 15) is 17.8 Å². The highest BCUT2D eigenvalue weighted by atomic mass is 32.2. The quantitative estimate of drug-likeness (QED) is 0.780. The molecular formula is C17H22F2N4O2S2. The van der Waals surface area contributed by atoms with Crippen LogP contribution in [-0.4, -0.2) is 39.7 Å². The van der Waals surface area contributed by atoms with Crippen LogP contribution in [0, 0.1) is 0 Å². The molecule has 1 aliphatic rings. The molecule has 2 aromatic heterocycles. The second-order valence-corrected chi connectivity index (χ2v) is 9.32. The fraction of sp³-hybridized carbons (Fsp3) is 0.529. The second-order valence-electron chi connectivity index (χ2n) is 6.66. The number of primary amides is 1. The number of aromatic nitrogens is 1. The molecule has 0 spiro atoms. The van der Waals surface area contributed by atoms with E-state index in [1.54, 1.807) is 6.26 Å². The first-order valence-corrected chi connectivity index (χ1v) is 11.1. The zero-order valence-corrected chi connectivity index (χ0v) is 16.8. The van der Waals surface area contributed by atoms with Gasteiger partial charge < -0.3 is 16.4 Å². The highest BCUT2D eigenvalue weighted by Crippen LogP contribution is 2.44. The van der Waals surface area contributed by atoms with Gasteiger partial charge in [-0.15, -0.1) is 11.3 Å². The molecule has 4 N–H and O–H groups in total. The van der Waals surface area contributed by atoms with E-state index < -0.39 is 29.1 Å². The first-order valence-electron chi connectivity index (χ1n) is 8.64. The normalized spacial score (nSPS) is 17.4. The minimum Gasteiger partial charge on any atom is -0.397 e. The van der Waals surface area contributed by atoms with E-state index in [2.05, 4.69) is 4.98 Å². The van der Waals surface area contributed by atoms with Crippen molar-refractivity contribution in [3.05, 3.63) is 16.5 Å². The average Bonchev–Trinajstić information content (AvgIpc) is 2.98. The molecule has 0 aromatic carbocycles. The molecule has 6 nitrogen and oxygen atoms in total. The topological polar surface area (TPSA) is 102 Å². The summed E-state index contributed by atoms with van der Waals surface area (Å²) in [6.45, 7) is 2.57. The number of anilines is 2. The molecule has 0 bridgehead atoms. The Balaban J connectivity index is 2.10. The Morgan fingerprint density at radius 3 is 2.59 bits per heavy atom. The Morgan fingerprint density at radius 2 is 2.07 bits per heavy atom. The van der Waals surface area contributed by atoms with Crippen LogP contribution in [0.4, 0.5) is 20.3 Å². The minimum absolute atomic E-state index is 0.0373. The Hall–Kier alpha value is -1.81. The molecule has 1 aliphatic heterocycles. The molecule has 0 saturated carbocycles. The first-order chi connectivity index (χ1) is 12.7. The number of carbonyl (C=O) groups excluding carboxylic acids is 1. The number of nitrogens with zero attached hydrogens (tertiary/aromatic N) is 2. The van der Waals surface area contributed by atoms with Crippen LogP contribution >= 0.6 is 11.3 Å². The summed E-state index contributed by atoms with van der Waals surface area (Å²) in [7, 11) is -0.903. The third-order valence-electron chi connectivity index (χ3n) is 4.98. The van der Waals surface area contributed by atoms with Crippen molar-refractivity contribution in [3.63, 3.8) is 0 Å². The Morgan fingerprint density at radius 1 is 1.44 bits per heavy atom. The molecule has 2 aromatic rings. The zero-order valence-electron chi connectivity index (χ0n) is 15.1. The van der Waals surface area contributed by atoms with Gasteiger partial charge in [0.1, 0.15) is 15.5 Å². The fourth-order valence-electron chi connectivity index (χ4n) is 3.35. The molecular weight excluding hydrogens is 394 g/mol. The van der Waals surface area contributed by atoms with Crippen LogP contribution in [0.5, 0.6) is 0 Å². The van der Waals surface area contributed by atoms with E-state index in [4.69, 9.17) is 11.5 Å². The average molecular weight is 417 g/mol. The monoisotopic (exact) mass is 416 g/mol. The van der Waals surface area contributed by atoms with Crippen molar-refractivity contribution in [3.8, 4) is 0 Å². The predicted octanol–water partition coefficient (Wildman–Crippen LogP) is 2.83. The van der Waals surface area contributed by atoms with Crippen molar-refractivity contribution in [2.24, 2.45) is 5.73 Å². The summed E-state index contributed by atoms with van der Waals surface area (Å²) in [6, 6.07) is 1.36. The summed E-state index contributed by atoms with van der Waals surface area (Å²) in [5.74, 6) is -3.44. The van der Waals surface area contributed by atoms with Crippen LogP contribution in [-0.2, 0) is 16.7 Å². The van der Waals surface area contributed by atoms with Gasteiger partial charge in [0.05, 0.1) is 5.69 Å². The number of halogens is 2. The van der Waals surface area contributed by atoms with Crippen LogP contribution in [0.15, 0.2) is 6.07 Å². The number of alkyl halides is 2. The van der Waals surface area contributed by atoms with E-state index in [0.29, 0.717) is 31.7 Å². The number of pyridine rings is 1. The van der Waals surface area contributed by atoms with E-state index in [-0.39, 0.29) is 31.6 Å². The van der Waals surface area contributed by atoms with Crippen LogP contribution in [0.25, 0.3) is 10.2 Å². The summed E-state index contributed by atoms with van der Waals surface area (Å²) in [4.78, 5) is 18.3. The molecule has 148 valence electrons. The molecule has 10 heteroatoms. The summed E-state index contributed by atoms with van der Waals surface area (Å²) >= 11 is 0.937. The van der Waals surface area contributed by atoms with Gasteiger partial charge >= 0.3 is 0 Å². The van der Waals surface area contributed by atoms with E-state index in [0.717, 1.165) is 11.3 Å². The number of rotatable bonds is 5. The number of piperidine rings is 1. The van der Waals surface area contributed by atoms with E-state index >= 15 is 0 Å². The van der Waals surface area contributed by atoms with Gasteiger partial charge in [0.2, 0.25) is 0 Å². The zero-order chi connectivity index (χ0) is 19.9. The lowest BCUT2D eigenvalue weighted by Gasteiger charge is -2.32. The molecule has 1 saturated heterocycles. The number of nitrogens with two attached hydrogens (primary N) is 2. The Bertz CT molecular complexity index is 908. The van der Waals surface area contributed by atoms with Crippen LogP contribution in [0.3, 0.4) is 0 Å². The Kier molecular flexibility index (Phi) is 5.40. The number of amides is 1. The lowest BCUT2D eigenvalue weighted by molar-refractivity contribution is -0.00671. The van der Waals surface area contributed by atoms with Gasteiger partial charge in [0.25, 0.3) is 11.8 Å². The van der Waals surface area contributed by atoms with Gasteiger partial charge in [-0.05, 0) is 18.9 Å². The van der Waals surface area contributed by atoms with Crippen molar-refractivity contribution in [1.82, 2.24) is 4.98 Å². The van der Waals surface area contributed by atoms with Gasteiger partial charge in [0.15, 0.2) is 0 Å². The minimum atomic E-state index is -3.11. The highest BCUT2D eigenvalue weighted by molar-refractivity contribution is 7.84. The smallest absolute Gasteiger partial charge is 0.273 e. The van der Waals surface area contributed by atoms with Crippen molar-refractivity contribution in [2.75, 3.05) is 30.0 Å². The summed E-state index contributed by atoms with van der Waals surface area (Å²) in [6.07, 6.45) is 2.71. The van der Waals surface area contributed by atoms with Crippen molar-refractivity contribution < 1.29 is 17.8 Å². The highest BCUT2D eigenvalue weighted by Gasteiger charge is 2.35. The maximum Gasteiger partial charge on any atom is 0.273 e. The van der Waals surface area contributed by atoms with Gasteiger partial charge in [-0.25, -0.2) is 13.8 Å². The number of hydrogen-bond donors (Lipinski definition) is 2. The van der Waals surface area contributed by atoms with Gasteiger partial charge in [0, 0.05) is 52.8 Å². The van der Waals surface area contributed by atoms with E-state index in [1.807, 2.05) is 4.90 Å². The van der Waals surface area contributed by atoms with Crippen LogP contribution < -0.4 is 16.4 Å². The van der Waals surface area contributed by atoms with E-state index in [1.165, 1.54) is 13.0 Å². The van der Waals surface area contributed by atoms with Gasteiger partial charge in [-0.2, -0.15) is 0 Å². The van der Waals surface area contributed by atoms with Crippen LogP contribution in [0.2, 0.25) is 0 Å². The molecule has 27 heavy (non-hydrogen) atoms. The number of carbonyl (C=O) groups is 1. The van der Waals surface area contributed by atoms with Gasteiger partial charge in [-0.3, -0.25) is 9.00 Å². The molecule has 1 fully saturated rings. The molecule has 1 atom stereocenters. The van der Waals surface area contributed by atoms with Crippen molar-refractivity contribution >= 4 is 49.8 Å². The molecule has 3 heterocycles. The predicted molar refractivity (Wildman–Crippen MR) is 106 cm³/mol. The number of hydrogen-bond acceptors (Lipinski definition) is 6. The first kappa shape index (κ1) is 19.9. The lowest BCUT2D eigenvalue weighted by atomic mass is 10.0. The Labute approximate surface area is 162 Å². The standard InChI is InChI=1S/C17H22F2N4O2S2/c1-3-17(18,19)10-8-11(23-6-4-9(5-7-23)27(2)25)22-16-12(10)13(20)14(26-16)15(21)24/h8-9H,3-7,20H2,1-2H3,(H2,21,24). The number of thiophene rings is 1. The summed E-state index contributed by atoms with van der Waals surface area (Å²) < 4.78 is 41.0. The lowest BCUT2D eigenvalue weighted by Crippen LogP contribution is -2.38. The number of fused-ring (bicyclic) bond motifs is 1. The molecule has 0 radical (unpaired) electrons. The van der Waals surface area contributed by atoms with Crippen molar-refractivity contribution in [2.45, 2.75) is 37.4 Å². The van der Waals surface area contributed by atoms with Gasteiger partial charge in [-0.1, -0.05) is 6.92 Å². The van der Waals surface area contributed by atoms with Crippen LogP contribution in [0.1, 0.15) is 41.4 Å². The molecule has 1 unspecified atom stereocenters. The molecule has 0 aliphatic carbocycles. The fourth-order valence-corrected chi connectivity index (χ4v) is 5.19. The third kappa shape index (κ3) is 3.64. The maximum absolute atomic E-state index is 14.7. The number of nitrogen functional groups attached to an aromatic ring is 1. The molecule has 3 rings (SSSR count). The summed E-state index contributed by atoms with van der Waals surface area (Å²) in [5, 5.41) is 0.217. The summed E-state index contributed by atoms with van der Waals surface area (Å²) in [5.41, 5.74) is 11.0. The second kappa shape index (κ2) is 7.31. The molecule has 1 amide bonds. The largest absolute Gasteiger partial charge is 0.397 e. The SMILES string of the molecule is CCC(F)(F)c1cc(N2CCC(S(C)=O)CC2)nc2sc(C(N)=O)c(N)c12. The maximum atomic E-state index is 14.7. The van der Waals surface area contributed by atoms with Crippen molar-refractivity contribution in [1.29, 1.82) is 0 Å².